The molecule has 0 fully saturated rings. The van der Waals surface area contributed by atoms with Crippen LogP contribution < -0.4 is 15.5 Å². The highest BCUT2D eigenvalue weighted by molar-refractivity contribution is 5.73. The monoisotopic (exact) mass is 424 g/mol. The first kappa shape index (κ1) is 22.3. The van der Waals surface area contributed by atoms with Crippen molar-refractivity contribution >= 4 is 17.3 Å². The van der Waals surface area contributed by atoms with E-state index in [2.05, 4.69) is 62.6 Å². The van der Waals surface area contributed by atoms with Gasteiger partial charge in [0.25, 0.3) is 5.82 Å². The highest BCUT2D eigenvalue weighted by Crippen LogP contribution is 2.56. The Morgan fingerprint density at radius 1 is 1.26 bits per heavy atom. The lowest BCUT2D eigenvalue weighted by molar-refractivity contribution is -0.805. The van der Waals surface area contributed by atoms with Gasteiger partial charge in [0.2, 0.25) is 0 Å². The maximum absolute atomic E-state index is 6.17. The molecule has 0 spiro atoms. The van der Waals surface area contributed by atoms with Crippen molar-refractivity contribution in [2.45, 2.75) is 79.6 Å². The van der Waals surface area contributed by atoms with E-state index in [1.165, 1.54) is 55.4 Å². The van der Waals surface area contributed by atoms with Crippen LogP contribution in [-0.4, -0.2) is 30.2 Å². The van der Waals surface area contributed by atoms with Gasteiger partial charge in [-0.2, -0.15) is 4.98 Å². The second-order valence-electron chi connectivity index (χ2n) is 11.2. The predicted octanol–water partition coefficient (Wildman–Crippen LogP) is 4.65. The lowest BCUT2D eigenvalue weighted by atomic mass is 9.55. The van der Waals surface area contributed by atoms with Crippen LogP contribution >= 0.6 is 0 Å². The number of hydrogen-bond acceptors (Lipinski definition) is 4. The number of nitrogens with two attached hydrogens (primary N) is 1. The van der Waals surface area contributed by atoms with Crippen molar-refractivity contribution in [3.8, 4) is 0 Å². The Balaban J connectivity index is 1.46. The van der Waals surface area contributed by atoms with E-state index in [0.29, 0.717) is 16.6 Å². The van der Waals surface area contributed by atoms with E-state index in [1.807, 2.05) is 5.57 Å². The number of anilines is 2. The van der Waals surface area contributed by atoms with E-state index in [4.69, 9.17) is 5.73 Å². The van der Waals surface area contributed by atoms with Crippen LogP contribution in [0.2, 0.25) is 0 Å². The third-order valence-corrected chi connectivity index (χ3v) is 8.71. The molecule has 31 heavy (non-hydrogen) atoms. The number of nitrogen functional groups attached to an aromatic ring is 1. The molecule has 0 aromatic carbocycles. The first-order valence-electron chi connectivity index (χ1n) is 12.2. The number of hydrogen-bond donors (Lipinski definition) is 2. The van der Waals surface area contributed by atoms with Crippen LogP contribution in [0, 0.1) is 16.7 Å². The molecule has 0 bridgehead atoms. The molecule has 1 aliphatic heterocycles. The van der Waals surface area contributed by atoms with E-state index >= 15 is 0 Å². The van der Waals surface area contributed by atoms with Gasteiger partial charge in [0.05, 0.1) is 7.05 Å². The largest absolute Gasteiger partial charge is 0.382 e. The average Bonchev–Trinajstić information content (AvgIpc) is 3.05. The molecule has 3 N–H and O–H groups in total. The maximum atomic E-state index is 6.17. The van der Waals surface area contributed by atoms with Crippen LogP contribution in [0.5, 0.6) is 0 Å². The quantitative estimate of drug-likeness (QED) is 0.676. The summed E-state index contributed by atoms with van der Waals surface area (Å²) in [6, 6.07) is 0. The Morgan fingerprint density at radius 3 is 2.81 bits per heavy atom. The smallest absolute Gasteiger partial charge is 0.256 e. The molecule has 3 aliphatic rings. The van der Waals surface area contributed by atoms with Gasteiger partial charge in [0.1, 0.15) is 6.33 Å². The minimum atomic E-state index is 0.350. The van der Waals surface area contributed by atoms with E-state index in [-0.39, 0.29) is 0 Å². The topological polar surface area (TPSA) is 59.5 Å². The normalized spacial score (nSPS) is 30.4. The van der Waals surface area contributed by atoms with Gasteiger partial charge in [-0.15, -0.1) is 0 Å². The van der Waals surface area contributed by atoms with Crippen molar-refractivity contribution in [1.29, 1.82) is 0 Å². The van der Waals surface area contributed by atoms with Crippen LogP contribution in [0.3, 0.4) is 0 Å². The summed E-state index contributed by atoms with van der Waals surface area (Å²) in [4.78, 5) is 12.3. The molecule has 2 aliphatic carbocycles. The van der Waals surface area contributed by atoms with E-state index in [9.17, 15) is 0 Å². The van der Waals surface area contributed by atoms with Crippen LogP contribution in [0.15, 0.2) is 29.1 Å². The molecule has 0 amide bonds. The van der Waals surface area contributed by atoms with Crippen molar-refractivity contribution in [3.05, 3.63) is 29.1 Å². The van der Waals surface area contributed by atoms with Gasteiger partial charge >= 0.3 is 0 Å². The Labute approximate surface area is 188 Å². The van der Waals surface area contributed by atoms with Crippen LogP contribution in [0.25, 0.3) is 0 Å². The minimum Gasteiger partial charge on any atom is -0.382 e. The van der Waals surface area contributed by atoms with Crippen molar-refractivity contribution in [2.24, 2.45) is 16.7 Å². The third-order valence-electron chi connectivity index (χ3n) is 8.71. The zero-order chi connectivity index (χ0) is 22.4. The SMILES string of the molecule is C/C(=C\CN1C[NH+](C)c2ncnc(N)c21)CC[C@]1(C)C2=C(CC[C@H]1C)C(C)(C)CCC2. The van der Waals surface area contributed by atoms with Gasteiger partial charge in [-0.3, -0.25) is 4.90 Å². The Morgan fingerprint density at radius 2 is 2.03 bits per heavy atom. The summed E-state index contributed by atoms with van der Waals surface area (Å²) in [6.45, 7) is 14.1. The molecule has 1 unspecified atom stereocenters. The Bertz CT molecular complexity index is 899. The highest BCUT2D eigenvalue weighted by Gasteiger charge is 2.44. The lowest BCUT2D eigenvalue weighted by Crippen LogP contribution is -3.03. The van der Waals surface area contributed by atoms with Crippen LogP contribution in [0.4, 0.5) is 17.3 Å². The van der Waals surface area contributed by atoms with Gasteiger partial charge < -0.3 is 10.6 Å². The standard InChI is InChI=1S/C26H41N5/c1-18(12-15-31-17-30(6)24-22(31)23(27)28-16-29-24)11-14-26(5)19(2)9-10-20-21(26)8-7-13-25(20,3)4/h12,16,19H,7-11,13-15,17H2,1-6H3,(H2,27,28,29)/p+1/b18-12+/t19-,26+/m1/s1. The number of quaternary nitrogens is 1. The summed E-state index contributed by atoms with van der Waals surface area (Å²) in [7, 11) is 2.14. The minimum absolute atomic E-state index is 0.350. The van der Waals surface area contributed by atoms with Crippen molar-refractivity contribution < 1.29 is 4.90 Å². The molecule has 2 heterocycles. The predicted molar refractivity (Wildman–Crippen MR) is 129 cm³/mol. The van der Waals surface area contributed by atoms with Gasteiger partial charge in [0, 0.05) is 6.54 Å². The highest BCUT2D eigenvalue weighted by atomic mass is 15.4. The van der Waals surface area contributed by atoms with Crippen molar-refractivity contribution in [2.75, 3.05) is 30.9 Å². The molecule has 0 saturated heterocycles. The summed E-state index contributed by atoms with van der Waals surface area (Å²) in [6.07, 6.45) is 13.1. The Kier molecular flexibility index (Phi) is 5.93. The first-order valence-corrected chi connectivity index (χ1v) is 12.2. The van der Waals surface area contributed by atoms with E-state index in [0.717, 1.165) is 30.6 Å². The molecule has 0 saturated carbocycles. The second kappa shape index (κ2) is 8.23. The number of allylic oxidation sites excluding steroid dienone is 3. The fourth-order valence-electron chi connectivity index (χ4n) is 6.35. The van der Waals surface area contributed by atoms with Gasteiger partial charge in [-0.1, -0.05) is 50.5 Å². The number of fused-ring (bicyclic) bond motifs is 1. The zero-order valence-corrected chi connectivity index (χ0v) is 20.5. The molecular weight excluding hydrogens is 382 g/mol. The summed E-state index contributed by atoms with van der Waals surface area (Å²) in [5.74, 6) is 2.38. The van der Waals surface area contributed by atoms with Gasteiger partial charge in [-0.25, -0.2) is 4.98 Å². The van der Waals surface area contributed by atoms with Crippen molar-refractivity contribution in [3.63, 3.8) is 0 Å². The molecule has 5 nitrogen and oxygen atoms in total. The van der Waals surface area contributed by atoms with Gasteiger partial charge in [-0.05, 0) is 68.6 Å². The summed E-state index contributed by atoms with van der Waals surface area (Å²) < 4.78 is 0. The first-order chi connectivity index (χ1) is 14.6. The van der Waals surface area contributed by atoms with Crippen molar-refractivity contribution in [1.82, 2.24) is 9.97 Å². The van der Waals surface area contributed by atoms with Crippen LogP contribution in [-0.2, 0) is 0 Å². The lowest BCUT2D eigenvalue weighted by Gasteiger charge is -2.50. The fourth-order valence-corrected chi connectivity index (χ4v) is 6.35. The van der Waals surface area contributed by atoms with Crippen LogP contribution in [0.1, 0.15) is 79.6 Å². The number of nitrogens with zero attached hydrogens (tertiary/aromatic N) is 3. The molecule has 170 valence electrons. The maximum Gasteiger partial charge on any atom is 0.256 e. The molecule has 0 radical (unpaired) electrons. The van der Waals surface area contributed by atoms with Gasteiger partial charge in [0.15, 0.2) is 18.2 Å². The molecule has 5 heteroatoms. The molecule has 3 atom stereocenters. The average molecular weight is 425 g/mol. The van der Waals surface area contributed by atoms with E-state index in [1.54, 1.807) is 11.9 Å². The second-order valence-corrected chi connectivity index (χ2v) is 11.2. The summed E-state index contributed by atoms with van der Waals surface area (Å²) in [5.41, 5.74) is 13.0. The summed E-state index contributed by atoms with van der Waals surface area (Å²) >= 11 is 0. The number of aromatic nitrogens is 2. The molecule has 1 aromatic heterocycles. The number of nitrogens with one attached hydrogen (secondary N) is 1. The summed E-state index contributed by atoms with van der Waals surface area (Å²) in [5, 5.41) is 0. The Hall–Kier alpha value is -1.88. The molecule has 1 aromatic rings. The zero-order valence-electron chi connectivity index (χ0n) is 20.5. The molecule has 4 rings (SSSR count). The number of rotatable bonds is 5. The fraction of sp³-hybridized carbons (Fsp3) is 0.692. The van der Waals surface area contributed by atoms with E-state index < -0.39 is 0 Å². The third kappa shape index (κ3) is 4.02. The molecular formula is C26H42N5+.